The highest BCUT2D eigenvalue weighted by Crippen LogP contribution is 2.25. The molecule has 106 valence electrons. The first-order valence-corrected chi connectivity index (χ1v) is 7.33. The van der Waals surface area contributed by atoms with E-state index in [4.69, 9.17) is 0 Å². The Kier molecular flexibility index (Phi) is 4.43. The number of halogens is 1. The maximum Gasteiger partial charge on any atom is 0.146 e. The van der Waals surface area contributed by atoms with Gasteiger partial charge >= 0.3 is 0 Å². The van der Waals surface area contributed by atoms with E-state index in [2.05, 4.69) is 42.6 Å². The molecule has 0 spiro atoms. The van der Waals surface area contributed by atoms with Crippen molar-refractivity contribution in [3.63, 3.8) is 0 Å². The Hall–Kier alpha value is -0.720. The monoisotopic (exact) mass is 328 g/mol. The van der Waals surface area contributed by atoms with Crippen molar-refractivity contribution in [3.8, 4) is 0 Å². The SMILES string of the molecule is CC1CN(c2ncncc2Br)CCN1CC(C)(C)O. The number of hydrogen-bond donors (Lipinski definition) is 1. The number of hydrogen-bond acceptors (Lipinski definition) is 5. The average Bonchev–Trinajstić information content (AvgIpc) is 2.31. The minimum absolute atomic E-state index is 0.391. The summed E-state index contributed by atoms with van der Waals surface area (Å²) >= 11 is 3.50. The molecule has 1 aromatic heterocycles. The zero-order valence-electron chi connectivity index (χ0n) is 11.7. The Labute approximate surface area is 122 Å². The van der Waals surface area contributed by atoms with Crippen molar-refractivity contribution in [3.05, 3.63) is 17.0 Å². The van der Waals surface area contributed by atoms with Crippen LogP contribution in [0, 0.1) is 0 Å². The van der Waals surface area contributed by atoms with Gasteiger partial charge in [0.2, 0.25) is 0 Å². The molecule has 1 aliphatic rings. The summed E-state index contributed by atoms with van der Waals surface area (Å²) in [4.78, 5) is 12.9. The summed E-state index contributed by atoms with van der Waals surface area (Å²) in [5.41, 5.74) is -0.647. The van der Waals surface area contributed by atoms with Crippen molar-refractivity contribution in [2.24, 2.45) is 0 Å². The van der Waals surface area contributed by atoms with Crippen LogP contribution in [-0.2, 0) is 0 Å². The van der Waals surface area contributed by atoms with Crippen LogP contribution in [0.5, 0.6) is 0 Å². The highest BCUT2D eigenvalue weighted by atomic mass is 79.9. The van der Waals surface area contributed by atoms with Crippen LogP contribution in [0.2, 0.25) is 0 Å². The summed E-state index contributed by atoms with van der Waals surface area (Å²) in [7, 11) is 0. The summed E-state index contributed by atoms with van der Waals surface area (Å²) in [5, 5.41) is 9.93. The van der Waals surface area contributed by atoms with E-state index < -0.39 is 5.60 Å². The molecule has 0 aliphatic carbocycles. The van der Waals surface area contributed by atoms with Gasteiger partial charge in [0.1, 0.15) is 12.1 Å². The summed E-state index contributed by atoms with van der Waals surface area (Å²) in [6, 6.07) is 0.391. The summed E-state index contributed by atoms with van der Waals surface area (Å²) in [6.45, 7) is 9.35. The Morgan fingerprint density at radius 2 is 2.21 bits per heavy atom. The minimum atomic E-state index is -0.647. The maximum atomic E-state index is 9.93. The third kappa shape index (κ3) is 3.87. The van der Waals surface area contributed by atoms with Crippen molar-refractivity contribution in [1.29, 1.82) is 0 Å². The lowest BCUT2D eigenvalue weighted by atomic mass is 10.1. The van der Waals surface area contributed by atoms with E-state index in [1.54, 1.807) is 12.5 Å². The summed E-state index contributed by atoms with van der Waals surface area (Å²) < 4.78 is 0.929. The van der Waals surface area contributed by atoms with E-state index in [-0.39, 0.29) is 0 Å². The zero-order valence-corrected chi connectivity index (χ0v) is 13.3. The molecular weight excluding hydrogens is 308 g/mol. The smallest absolute Gasteiger partial charge is 0.146 e. The van der Waals surface area contributed by atoms with Gasteiger partial charge in [-0.15, -0.1) is 0 Å². The second kappa shape index (κ2) is 5.73. The molecule has 0 aromatic carbocycles. The first kappa shape index (κ1) is 14.7. The van der Waals surface area contributed by atoms with Crippen LogP contribution < -0.4 is 4.90 Å². The fraction of sp³-hybridized carbons (Fsp3) is 0.692. The molecule has 19 heavy (non-hydrogen) atoms. The van der Waals surface area contributed by atoms with Crippen LogP contribution in [0.3, 0.4) is 0 Å². The Morgan fingerprint density at radius 1 is 1.47 bits per heavy atom. The van der Waals surface area contributed by atoms with Crippen LogP contribution in [0.1, 0.15) is 20.8 Å². The summed E-state index contributed by atoms with van der Waals surface area (Å²) in [5.74, 6) is 0.949. The molecule has 1 atom stereocenters. The van der Waals surface area contributed by atoms with Crippen molar-refractivity contribution in [2.45, 2.75) is 32.4 Å². The van der Waals surface area contributed by atoms with E-state index in [0.29, 0.717) is 12.6 Å². The molecule has 6 heteroatoms. The van der Waals surface area contributed by atoms with Crippen molar-refractivity contribution in [2.75, 3.05) is 31.1 Å². The zero-order chi connectivity index (χ0) is 14.0. The van der Waals surface area contributed by atoms with Crippen LogP contribution >= 0.6 is 15.9 Å². The maximum absolute atomic E-state index is 9.93. The molecular formula is C13H21BrN4O. The lowest BCUT2D eigenvalue weighted by Crippen LogP contribution is -2.55. The van der Waals surface area contributed by atoms with Gasteiger partial charge in [-0.3, -0.25) is 4.90 Å². The second-order valence-corrected chi connectivity index (χ2v) is 6.63. The molecule has 1 aliphatic heterocycles. The fourth-order valence-electron chi connectivity index (χ4n) is 2.46. The lowest BCUT2D eigenvalue weighted by molar-refractivity contribution is 0.0200. The molecule has 0 amide bonds. The fourth-order valence-corrected chi connectivity index (χ4v) is 2.93. The third-order valence-corrected chi connectivity index (χ3v) is 3.86. The van der Waals surface area contributed by atoms with Crippen LogP contribution in [0.25, 0.3) is 0 Å². The highest BCUT2D eigenvalue weighted by Gasteiger charge is 2.28. The predicted molar refractivity (Wildman–Crippen MR) is 79.3 cm³/mol. The molecule has 1 aromatic rings. The van der Waals surface area contributed by atoms with Gasteiger partial charge in [0, 0.05) is 38.4 Å². The number of rotatable bonds is 3. The molecule has 2 rings (SSSR count). The molecule has 0 radical (unpaired) electrons. The minimum Gasteiger partial charge on any atom is -0.389 e. The topological polar surface area (TPSA) is 52.5 Å². The van der Waals surface area contributed by atoms with Gasteiger partial charge in [-0.1, -0.05) is 0 Å². The Bertz CT molecular complexity index is 435. The first-order valence-electron chi connectivity index (χ1n) is 6.54. The molecule has 1 fully saturated rings. The van der Waals surface area contributed by atoms with E-state index in [0.717, 1.165) is 29.9 Å². The van der Waals surface area contributed by atoms with Crippen molar-refractivity contribution >= 4 is 21.7 Å². The lowest BCUT2D eigenvalue weighted by Gasteiger charge is -2.42. The molecule has 0 bridgehead atoms. The number of piperazine rings is 1. The third-order valence-electron chi connectivity index (χ3n) is 3.30. The van der Waals surface area contributed by atoms with Gasteiger partial charge in [-0.05, 0) is 36.7 Å². The van der Waals surface area contributed by atoms with E-state index in [1.807, 2.05) is 13.8 Å². The number of aliphatic hydroxyl groups is 1. The summed E-state index contributed by atoms with van der Waals surface area (Å²) in [6.07, 6.45) is 3.35. The van der Waals surface area contributed by atoms with Crippen LogP contribution in [0.15, 0.2) is 17.0 Å². The molecule has 1 saturated heterocycles. The van der Waals surface area contributed by atoms with Crippen molar-refractivity contribution in [1.82, 2.24) is 14.9 Å². The van der Waals surface area contributed by atoms with E-state index in [9.17, 15) is 5.11 Å². The van der Waals surface area contributed by atoms with Crippen molar-refractivity contribution < 1.29 is 5.11 Å². The Balaban J connectivity index is 2.02. The number of β-amino-alcohol motifs (C(OH)–C–C–N with tert-alkyl or cyclic N) is 1. The van der Waals surface area contributed by atoms with E-state index in [1.165, 1.54) is 0 Å². The van der Waals surface area contributed by atoms with Crippen LogP contribution in [-0.4, -0.2) is 57.8 Å². The van der Waals surface area contributed by atoms with E-state index >= 15 is 0 Å². The normalized spacial score (nSPS) is 21.7. The molecule has 1 unspecified atom stereocenters. The molecule has 1 N–H and O–H groups in total. The largest absolute Gasteiger partial charge is 0.389 e. The number of anilines is 1. The Morgan fingerprint density at radius 3 is 2.79 bits per heavy atom. The predicted octanol–water partition coefficient (Wildman–Crippen LogP) is 1.52. The highest BCUT2D eigenvalue weighted by molar-refractivity contribution is 9.10. The number of aromatic nitrogens is 2. The van der Waals surface area contributed by atoms with Gasteiger partial charge in [-0.25, -0.2) is 9.97 Å². The second-order valence-electron chi connectivity index (χ2n) is 5.77. The van der Waals surface area contributed by atoms with Gasteiger partial charge in [-0.2, -0.15) is 0 Å². The standard InChI is InChI=1S/C13H21BrN4O/c1-10-7-17(12-11(14)6-15-9-16-12)4-5-18(10)8-13(2,3)19/h6,9-10,19H,4-5,7-8H2,1-3H3. The molecule has 0 saturated carbocycles. The van der Waals surface area contributed by atoms with Gasteiger partial charge in [0.05, 0.1) is 10.1 Å². The first-order chi connectivity index (χ1) is 8.87. The van der Waals surface area contributed by atoms with Crippen LogP contribution in [0.4, 0.5) is 5.82 Å². The average molecular weight is 329 g/mol. The number of nitrogens with zero attached hydrogens (tertiary/aromatic N) is 4. The molecule has 2 heterocycles. The van der Waals surface area contributed by atoms with Gasteiger partial charge < -0.3 is 10.0 Å². The quantitative estimate of drug-likeness (QED) is 0.911. The van der Waals surface area contributed by atoms with Gasteiger partial charge in [0.15, 0.2) is 0 Å². The van der Waals surface area contributed by atoms with Gasteiger partial charge in [0.25, 0.3) is 0 Å². The molecule has 5 nitrogen and oxygen atoms in total.